The number of halogens is 2. The predicted octanol–water partition coefficient (Wildman–Crippen LogP) is 4.63. The van der Waals surface area contributed by atoms with E-state index in [0.29, 0.717) is 22.3 Å². The lowest BCUT2D eigenvalue weighted by atomic mass is 9.98. The highest BCUT2D eigenvalue weighted by molar-refractivity contribution is 6.31. The van der Waals surface area contributed by atoms with Crippen LogP contribution in [0.2, 0.25) is 5.02 Å². The van der Waals surface area contributed by atoms with Crippen LogP contribution in [0.5, 0.6) is 0 Å². The van der Waals surface area contributed by atoms with E-state index in [1.807, 2.05) is 18.2 Å². The first-order valence-corrected chi connectivity index (χ1v) is 9.44. The van der Waals surface area contributed by atoms with E-state index in [1.54, 1.807) is 6.07 Å². The minimum atomic E-state index is -0.344. The number of amides is 1. The third-order valence-electron chi connectivity index (χ3n) is 5.06. The maximum atomic E-state index is 14.2. The summed E-state index contributed by atoms with van der Waals surface area (Å²) in [7, 11) is 0. The van der Waals surface area contributed by atoms with Crippen LogP contribution in [0, 0.1) is 5.82 Å². The molecule has 4 rings (SSSR count). The lowest BCUT2D eigenvalue weighted by Gasteiger charge is -2.16. The number of benzene rings is 2. The first-order chi connectivity index (χ1) is 13.0. The van der Waals surface area contributed by atoms with Gasteiger partial charge >= 0.3 is 0 Å². The number of nitrogens with zero attached hydrogens (tertiary/aromatic N) is 1. The molecule has 0 saturated carbocycles. The van der Waals surface area contributed by atoms with Crippen molar-refractivity contribution in [3.63, 3.8) is 0 Å². The molecule has 2 heterocycles. The van der Waals surface area contributed by atoms with Gasteiger partial charge in [0.2, 0.25) is 5.91 Å². The van der Waals surface area contributed by atoms with Crippen molar-refractivity contribution in [3.05, 3.63) is 58.5 Å². The maximum absolute atomic E-state index is 14.2. The van der Waals surface area contributed by atoms with E-state index >= 15 is 0 Å². The number of fused-ring (bicyclic) bond motifs is 3. The van der Waals surface area contributed by atoms with Crippen molar-refractivity contribution in [2.45, 2.75) is 26.2 Å². The fraction of sp³-hybridized carbons (Fsp3) is 0.286. The van der Waals surface area contributed by atoms with Gasteiger partial charge in [-0.05, 0) is 47.9 Å². The zero-order chi connectivity index (χ0) is 19.1. The summed E-state index contributed by atoms with van der Waals surface area (Å²) in [5, 5.41) is 8.04. The van der Waals surface area contributed by atoms with E-state index in [0.717, 1.165) is 36.1 Å². The molecule has 1 aromatic heterocycles. The summed E-state index contributed by atoms with van der Waals surface area (Å²) in [6.07, 6.45) is 0.808. The largest absolute Gasteiger partial charge is 0.325 e. The van der Waals surface area contributed by atoms with Crippen molar-refractivity contribution in [1.29, 1.82) is 0 Å². The van der Waals surface area contributed by atoms with Gasteiger partial charge in [0.25, 0.3) is 0 Å². The lowest BCUT2D eigenvalue weighted by molar-refractivity contribution is -0.114. The lowest BCUT2D eigenvalue weighted by Crippen LogP contribution is -2.19. The van der Waals surface area contributed by atoms with Crippen LogP contribution in [-0.4, -0.2) is 23.6 Å². The molecular weight excluding hydrogens is 365 g/mol. The van der Waals surface area contributed by atoms with Gasteiger partial charge in [0.05, 0.1) is 16.9 Å². The highest BCUT2D eigenvalue weighted by Gasteiger charge is 2.25. The minimum absolute atomic E-state index is 0.191. The topological polar surface area (TPSA) is 46.1 Å². The van der Waals surface area contributed by atoms with E-state index in [2.05, 4.69) is 22.1 Å². The molecule has 140 valence electrons. The molecular formula is C21H21ClFN3O. The van der Waals surface area contributed by atoms with Crippen molar-refractivity contribution < 1.29 is 9.18 Å². The van der Waals surface area contributed by atoms with Gasteiger partial charge in [0, 0.05) is 42.5 Å². The standard InChI is InChI=1S/C21H21ClFN3O/c1-12-11-24-8-7-19-21(12)16-9-14(22)3-6-18(16)26(19)20-10-15(23)4-5-17(20)25-13(2)27/h3-6,9-10,12,24H,7-8,11H2,1-2H3,(H,25,27). The number of carbonyl (C=O) groups is 1. The Bertz CT molecular complexity index is 1040. The molecule has 2 N–H and O–H groups in total. The average molecular weight is 386 g/mol. The first kappa shape index (κ1) is 18.0. The van der Waals surface area contributed by atoms with Crippen LogP contribution in [0.4, 0.5) is 10.1 Å². The summed E-state index contributed by atoms with van der Waals surface area (Å²) in [6.45, 7) is 5.35. The number of carbonyl (C=O) groups excluding carboxylic acids is 1. The number of anilines is 1. The second-order valence-electron chi connectivity index (χ2n) is 7.06. The summed E-state index contributed by atoms with van der Waals surface area (Å²) in [6, 6.07) is 10.2. The van der Waals surface area contributed by atoms with E-state index in [9.17, 15) is 9.18 Å². The van der Waals surface area contributed by atoms with E-state index < -0.39 is 0 Å². The Morgan fingerprint density at radius 1 is 1.30 bits per heavy atom. The summed E-state index contributed by atoms with van der Waals surface area (Å²) in [4.78, 5) is 11.7. The molecule has 0 radical (unpaired) electrons. The highest BCUT2D eigenvalue weighted by atomic mass is 35.5. The van der Waals surface area contributed by atoms with Gasteiger partial charge in [0.1, 0.15) is 5.82 Å². The minimum Gasteiger partial charge on any atom is -0.325 e. The molecule has 1 amide bonds. The molecule has 1 unspecified atom stereocenters. The molecule has 27 heavy (non-hydrogen) atoms. The Balaban J connectivity index is 2.07. The maximum Gasteiger partial charge on any atom is 0.221 e. The van der Waals surface area contributed by atoms with Gasteiger partial charge in [-0.15, -0.1) is 0 Å². The van der Waals surface area contributed by atoms with Gasteiger partial charge in [-0.25, -0.2) is 4.39 Å². The smallest absolute Gasteiger partial charge is 0.221 e. The van der Waals surface area contributed by atoms with Crippen LogP contribution in [0.3, 0.4) is 0 Å². The first-order valence-electron chi connectivity index (χ1n) is 9.06. The molecule has 0 aliphatic carbocycles. The number of hydrogen-bond acceptors (Lipinski definition) is 2. The molecule has 1 aliphatic heterocycles. The Labute approximate surface area is 162 Å². The van der Waals surface area contributed by atoms with Gasteiger partial charge < -0.3 is 15.2 Å². The van der Waals surface area contributed by atoms with E-state index in [1.165, 1.54) is 24.6 Å². The number of nitrogens with one attached hydrogen (secondary N) is 2. The molecule has 2 aromatic carbocycles. The second-order valence-corrected chi connectivity index (χ2v) is 7.49. The van der Waals surface area contributed by atoms with Gasteiger partial charge in [-0.1, -0.05) is 18.5 Å². The van der Waals surface area contributed by atoms with Crippen molar-refractivity contribution in [2.24, 2.45) is 0 Å². The third-order valence-corrected chi connectivity index (χ3v) is 5.30. The summed E-state index contributed by atoms with van der Waals surface area (Å²) >= 11 is 6.29. The van der Waals surface area contributed by atoms with Crippen molar-refractivity contribution in [3.8, 4) is 5.69 Å². The quantitative estimate of drug-likeness (QED) is 0.675. The predicted molar refractivity (Wildman–Crippen MR) is 108 cm³/mol. The number of rotatable bonds is 2. The second kappa shape index (κ2) is 6.98. The van der Waals surface area contributed by atoms with Crippen LogP contribution in [0.15, 0.2) is 36.4 Å². The van der Waals surface area contributed by atoms with Crippen LogP contribution in [0.1, 0.15) is 31.0 Å². The third kappa shape index (κ3) is 3.22. The Morgan fingerprint density at radius 3 is 2.89 bits per heavy atom. The van der Waals surface area contributed by atoms with Crippen LogP contribution < -0.4 is 10.6 Å². The Hall–Kier alpha value is -2.37. The number of hydrogen-bond donors (Lipinski definition) is 2. The molecule has 1 aliphatic rings. The molecule has 0 bridgehead atoms. The summed E-state index contributed by atoms with van der Waals surface area (Å²) in [5.74, 6) is -0.241. The normalized spacial score (nSPS) is 16.8. The molecule has 3 aromatic rings. The SMILES string of the molecule is CC(=O)Nc1ccc(F)cc1-n1c2c(c3cc(Cl)ccc31)C(C)CNCC2. The zero-order valence-electron chi connectivity index (χ0n) is 15.3. The summed E-state index contributed by atoms with van der Waals surface area (Å²) in [5.41, 5.74) is 4.55. The van der Waals surface area contributed by atoms with E-state index in [4.69, 9.17) is 11.6 Å². The fourth-order valence-electron chi connectivity index (χ4n) is 4.02. The van der Waals surface area contributed by atoms with Crippen LogP contribution in [-0.2, 0) is 11.2 Å². The molecule has 0 saturated heterocycles. The van der Waals surface area contributed by atoms with Crippen LogP contribution >= 0.6 is 11.6 Å². The van der Waals surface area contributed by atoms with Gasteiger partial charge in [-0.3, -0.25) is 4.79 Å². The van der Waals surface area contributed by atoms with Crippen LogP contribution in [0.25, 0.3) is 16.6 Å². The molecule has 1 atom stereocenters. The Morgan fingerprint density at radius 2 is 2.11 bits per heavy atom. The van der Waals surface area contributed by atoms with E-state index in [-0.39, 0.29) is 11.7 Å². The van der Waals surface area contributed by atoms with Crippen molar-refractivity contribution >= 4 is 34.1 Å². The zero-order valence-corrected chi connectivity index (χ0v) is 16.0. The Kier molecular flexibility index (Phi) is 4.66. The molecule has 0 fully saturated rings. The molecule has 6 heteroatoms. The molecule has 0 spiro atoms. The summed E-state index contributed by atoms with van der Waals surface area (Å²) < 4.78 is 16.2. The van der Waals surface area contributed by atoms with Crippen molar-refractivity contribution in [2.75, 3.05) is 18.4 Å². The molecule has 4 nitrogen and oxygen atoms in total. The fourth-order valence-corrected chi connectivity index (χ4v) is 4.20. The average Bonchev–Trinajstić information content (AvgIpc) is 2.80. The van der Waals surface area contributed by atoms with Gasteiger partial charge in [0.15, 0.2) is 0 Å². The van der Waals surface area contributed by atoms with Gasteiger partial charge in [-0.2, -0.15) is 0 Å². The monoisotopic (exact) mass is 385 g/mol. The van der Waals surface area contributed by atoms with Crippen molar-refractivity contribution in [1.82, 2.24) is 9.88 Å². The highest BCUT2D eigenvalue weighted by Crippen LogP contribution is 2.38. The number of aromatic nitrogens is 1.